The number of benzene rings is 1. The zero-order chi connectivity index (χ0) is 15.7. The van der Waals surface area contributed by atoms with Crippen molar-refractivity contribution in [2.45, 2.75) is 4.90 Å². The van der Waals surface area contributed by atoms with E-state index in [1.807, 2.05) is 0 Å². The lowest BCUT2D eigenvalue weighted by molar-refractivity contribution is -0.110. The Balaban J connectivity index is 1.84. The predicted octanol–water partition coefficient (Wildman–Crippen LogP) is 1.13. The predicted molar refractivity (Wildman–Crippen MR) is 82.3 cm³/mol. The normalized spacial score (nSPS) is 15.5. The highest BCUT2D eigenvalue weighted by Crippen LogP contribution is 2.30. The molecule has 8 heteroatoms. The van der Waals surface area contributed by atoms with Gasteiger partial charge in [-0.1, -0.05) is 0 Å². The topological polar surface area (TPSA) is 114 Å². The lowest BCUT2D eigenvalue weighted by Gasteiger charge is -2.04. The minimum absolute atomic E-state index is 0.0285. The molecule has 2 aromatic rings. The van der Waals surface area contributed by atoms with Crippen LogP contribution in [0, 0.1) is 0 Å². The molecule has 0 saturated carbocycles. The Morgan fingerprint density at radius 2 is 1.91 bits per heavy atom. The van der Waals surface area contributed by atoms with Crippen LogP contribution < -0.4 is 15.8 Å². The Bertz CT molecular complexity index is 873. The minimum atomic E-state index is -3.71. The number of anilines is 2. The third-order valence-corrected chi connectivity index (χ3v) is 4.10. The summed E-state index contributed by atoms with van der Waals surface area (Å²) in [6, 6.07) is 7.66. The molecule has 0 atom stereocenters. The minimum Gasteiger partial charge on any atom is -0.361 e. The Kier molecular flexibility index (Phi) is 3.39. The van der Waals surface area contributed by atoms with E-state index in [1.165, 1.54) is 12.1 Å². The highest BCUT2D eigenvalue weighted by atomic mass is 32.2. The van der Waals surface area contributed by atoms with E-state index in [0.717, 1.165) is 5.56 Å². The molecule has 2 heterocycles. The number of hydrogen-bond donors (Lipinski definition) is 3. The number of aromatic nitrogens is 1. The summed E-state index contributed by atoms with van der Waals surface area (Å²) in [5.41, 5.74) is 2.53. The van der Waals surface area contributed by atoms with Gasteiger partial charge in [-0.25, -0.2) is 13.6 Å². The average molecular weight is 316 g/mol. The molecule has 1 aromatic carbocycles. The zero-order valence-electron chi connectivity index (χ0n) is 11.3. The molecule has 0 fully saturated rings. The summed E-state index contributed by atoms with van der Waals surface area (Å²) < 4.78 is 22.4. The lowest BCUT2D eigenvalue weighted by Crippen LogP contribution is -2.11. The van der Waals surface area contributed by atoms with E-state index in [4.69, 9.17) is 5.14 Å². The number of nitrogens with two attached hydrogens (primary N) is 1. The summed E-state index contributed by atoms with van der Waals surface area (Å²) >= 11 is 0. The van der Waals surface area contributed by atoms with Gasteiger partial charge in [0, 0.05) is 23.6 Å². The Morgan fingerprint density at radius 1 is 1.18 bits per heavy atom. The Hall–Kier alpha value is -2.71. The first-order valence-corrected chi connectivity index (χ1v) is 7.85. The van der Waals surface area contributed by atoms with Gasteiger partial charge in [-0.2, -0.15) is 0 Å². The molecule has 1 amide bonds. The first-order valence-electron chi connectivity index (χ1n) is 6.30. The van der Waals surface area contributed by atoms with Gasteiger partial charge < -0.3 is 10.6 Å². The van der Waals surface area contributed by atoms with Crippen LogP contribution >= 0.6 is 0 Å². The highest BCUT2D eigenvalue weighted by Gasteiger charge is 2.23. The number of fused-ring (bicyclic) bond motifs is 1. The molecule has 3 rings (SSSR count). The first-order chi connectivity index (χ1) is 10.4. The van der Waals surface area contributed by atoms with Gasteiger partial charge in [0.05, 0.1) is 22.4 Å². The molecule has 22 heavy (non-hydrogen) atoms. The quantitative estimate of drug-likeness (QED) is 0.735. The summed E-state index contributed by atoms with van der Waals surface area (Å²) in [7, 11) is -3.71. The van der Waals surface area contributed by atoms with E-state index in [2.05, 4.69) is 15.6 Å². The number of rotatable bonds is 3. The smallest absolute Gasteiger partial charge is 0.257 e. The molecule has 0 unspecified atom stereocenters. The number of sulfonamides is 1. The summed E-state index contributed by atoms with van der Waals surface area (Å²) in [4.78, 5) is 15.9. The standard InChI is InChI=1S/C14H12N4O3S/c15-22(20,21)10-3-1-9(2-4-10)17-7-12-11-5-6-16-8-13(11)18-14(12)19/h1-8,17H,(H,18,19)(H2,15,20,21)/b12-7-. The van der Waals surface area contributed by atoms with Gasteiger partial charge in [0.25, 0.3) is 5.91 Å². The number of primary sulfonamides is 1. The van der Waals surface area contributed by atoms with Gasteiger partial charge in [-0.3, -0.25) is 9.78 Å². The monoisotopic (exact) mass is 316 g/mol. The molecular weight excluding hydrogens is 304 g/mol. The number of nitrogens with zero attached hydrogens (tertiary/aromatic N) is 1. The van der Waals surface area contributed by atoms with E-state index >= 15 is 0 Å². The molecule has 7 nitrogen and oxygen atoms in total. The fraction of sp³-hybridized carbons (Fsp3) is 0. The number of carbonyl (C=O) groups is 1. The van der Waals surface area contributed by atoms with Crippen LogP contribution in [0.4, 0.5) is 11.4 Å². The number of hydrogen-bond acceptors (Lipinski definition) is 5. The largest absolute Gasteiger partial charge is 0.361 e. The van der Waals surface area contributed by atoms with E-state index in [9.17, 15) is 13.2 Å². The van der Waals surface area contributed by atoms with Gasteiger partial charge >= 0.3 is 0 Å². The second kappa shape index (κ2) is 5.24. The van der Waals surface area contributed by atoms with E-state index < -0.39 is 10.0 Å². The molecule has 0 aliphatic carbocycles. The SMILES string of the molecule is NS(=O)(=O)c1ccc(N/C=C2\C(=O)Nc3cnccc32)cc1. The van der Waals surface area contributed by atoms with Crippen molar-refractivity contribution in [2.75, 3.05) is 10.6 Å². The van der Waals surface area contributed by atoms with Crippen molar-refractivity contribution < 1.29 is 13.2 Å². The van der Waals surface area contributed by atoms with Gasteiger partial charge in [0.2, 0.25) is 10.0 Å². The van der Waals surface area contributed by atoms with Crippen molar-refractivity contribution in [3.63, 3.8) is 0 Å². The molecule has 0 spiro atoms. The summed E-state index contributed by atoms with van der Waals surface area (Å²) in [5, 5.41) is 10.7. The molecule has 1 aliphatic heterocycles. The van der Waals surface area contributed by atoms with Crippen molar-refractivity contribution >= 4 is 32.9 Å². The fourth-order valence-corrected chi connectivity index (χ4v) is 2.60. The van der Waals surface area contributed by atoms with E-state index in [-0.39, 0.29) is 10.8 Å². The molecule has 112 valence electrons. The summed E-state index contributed by atoms with van der Waals surface area (Å²) in [6.07, 6.45) is 4.75. The van der Waals surface area contributed by atoms with Crippen LogP contribution in [0.2, 0.25) is 0 Å². The van der Waals surface area contributed by atoms with Crippen LogP contribution in [0.5, 0.6) is 0 Å². The maximum atomic E-state index is 11.9. The highest BCUT2D eigenvalue weighted by molar-refractivity contribution is 7.89. The molecule has 0 saturated heterocycles. The van der Waals surface area contributed by atoms with Crippen LogP contribution in [0.25, 0.3) is 5.57 Å². The molecule has 0 bridgehead atoms. The maximum absolute atomic E-state index is 11.9. The van der Waals surface area contributed by atoms with Crippen LogP contribution in [-0.4, -0.2) is 19.3 Å². The van der Waals surface area contributed by atoms with Crippen molar-refractivity contribution in [3.8, 4) is 0 Å². The molecule has 1 aliphatic rings. The molecule has 4 N–H and O–H groups in total. The Labute approximate surface area is 126 Å². The van der Waals surface area contributed by atoms with Crippen LogP contribution in [0.1, 0.15) is 5.56 Å². The summed E-state index contributed by atoms with van der Waals surface area (Å²) in [6.45, 7) is 0. The number of pyridine rings is 1. The van der Waals surface area contributed by atoms with Crippen molar-refractivity contribution in [1.29, 1.82) is 0 Å². The van der Waals surface area contributed by atoms with Crippen molar-refractivity contribution in [2.24, 2.45) is 5.14 Å². The third kappa shape index (κ3) is 2.69. The number of amides is 1. The molecular formula is C14H12N4O3S. The first kappa shape index (κ1) is 14.2. The fourth-order valence-electron chi connectivity index (χ4n) is 2.08. The van der Waals surface area contributed by atoms with Crippen molar-refractivity contribution in [3.05, 3.63) is 54.5 Å². The zero-order valence-corrected chi connectivity index (χ0v) is 12.1. The number of nitrogens with one attached hydrogen (secondary N) is 2. The molecule has 0 radical (unpaired) electrons. The van der Waals surface area contributed by atoms with Gasteiger partial charge in [0.15, 0.2) is 0 Å². The number of carbonyl (C=O) groups excluding carboxylic acids is 1. The van der Waals surface area contributed by atoms with Crippen LogP contribution in [0.15, 0.2) is 53.8 Å². The second-order valence-electron chi connectivity index (χ2n) is 4.65. The third-order valence-electron chi connectivity index (χ3n) is 3.17. The Morgan fingerprint density at radius 3 is 2.59 bits per heavy atom. The van der Waals surface area contributed by atoms with E-state index in [0.29, 0.717) is 16.9 Å². The van der Waals surface area contributed by atoms with Gasteiger partial charge in [-0.15, -0.1) is 0 Å². The second-order valence-corrected chi connectivity index (χ2v) is 6.21. The summed E-state index contributed by atoms with van der Waals surface area (Å²) in [5.74, 6) is -0.225. The van der Waals surface area contributed by atoms with Crippen molar-refractivity contribution in [1.82, 2.24) is 4.98 Å². The molecule has 1 aromatic heterocycles. The van der Waals surface area contributed by atoms with Crippen LogP contribution in [0.3, 0.4) is 0 Å². The average Bonchev–Trinajstić information content (AvgIpc) is 2.80. The van der Waals surface area contributed by atoms with Crippen LogP contribution in [-0.2, 0) is 14.8 Å². The van der Waals surface area contributed by atoms with Gasteiger partial charge in [-0.05, 0) is 30.3 Å². The lowest BCUT2D eigenvalue weighted by atomic mass is 10.1. The maximum Gasteiger partial charge on any atom is 0.257 e. The van der Waals surface area contributed by atoms with Gasteiger partial charge in [0.1, 0.15) is 0 Å². The van der Waals surface area contributed by atoms with E-state index in [1.54, 1.807) is 36.8 Å².